The van der Waals surface area contributed by atoms with Gasteiger partial charge >= 0.3 is 0 Å². The van der Waals surface area contributed by atoms with Gasteiger partial charge < -0.3 is 14.9 Å². The molecule has 0 radical (unpaired) electrons. The van der Waals surface area contributed by atoms with E-state index in [1.165, 1.54) is 4.90 Å². The van der Waals surface area contributed by atoms with Gasteiger partial charge in [-0.3, -0.25) is 9.20 Å². The molecule has 0 unspecified atom stereocenters. The highest BCUT2D eigenvalue weighted by atomic mass is 16.3. The Morgan fingerprint density at radius 3 is 2.58 bits per heavy atom. The second-order valence-electron chi connectivity index (χ2n) is 6.88. The van der Waals surface area contributed by atoms with E-state index < -0.39 is 0 Å². The molecular formula is C20H23N4O2+. The number of anilines is 1. The molecule has 6 heteroatoms. The third-order valence-corrected chi connectivity index (χ3v) is 5.05. The molecule has 1 fully saturated rings. The fourth-order valence-electron chi connectivity index (χ4n) is 3.63. The summed E-state index contributed by atoms with van der Waals surface area (Å²) in [6.45, 7) is 6.58. The van der Waals surface area contributed by atoms with Crippen molar-refractivity contribution in [1.82, 2.24) is 9.38 Å². The molecule has 0 saturated carbocycles. The Labute approximate surface area is 151 Å². The number of phenolic OH excluding ortho intramolecular Hbond substituents is 1. The standard InChI is InChI=1S/C20H22N4O2/c1-15-3-2-4-19-21-16(13-20(26)24(15)19)14-22-9-11-23(12-10-22)17-5-7-18(25)8-6-17/h2-8,13,25H,9-12,14H2,1H3/p+1. The van der Waals surface area contributed by atoms with Crippen LogP contribution in [0.5, 0.6) is 5.75 Å². The molecule has 0 amide bonds. The van der Waals surface area contributed by atoms with Gasteiger partial charge in [0, 0.05) is 17.4 Å². The Balaban J connectivity index is 1.45. The zero-order valence-electron chi connectivity index (χ0n) is 14.9. The largest absolute Gasteiger partial charge is 0.508 e. The van der Waals surface area contributed by atoms with Crippen LogP contribution in [-0.4, -0.2) is 40.7 Å². The summed E-state index contributed by atoms with van der Waals surface area (Å²) in [4.78, 5) is 20.9. The summed E-state index contributed by atoms with van der Waals surface area (Å²) in [6.07, 6.45) is 0. The van der Waals surface area contributed by atoms with Crippen LogP contribution < -0.4 is 15.4 Å². The lowest BCUT2D eigenvalue weighted by atomic mass is 10.2. The van der Waals surface area contributed by atoms with Gasteiger partial charge in [0.1, 0.15) is 23.6 Å². The molecule has 4 rings (SSSR count). The highest BCUT2D eigenvalue weighted by Gasteiger charge is 2.21. The number of aryl methyl sites for hydroxylation is 1. The molecule has 26 heavy (non-hydrogen) atoms. The second-order valence-corrected chi connectivity index (χ2v) is 6.88. The van der Waals surface area contributed by atoms with Gasteiger partial charge in [0.2, 0.25) is 0 Å². The molecule has 1 saturated heterocycles. The summed E-state index contributed by atoms with van der Waals surface area (Å²) in [5.41, 5.74) is 3.61. The lowest BCUT2D eigenvalue weighted by Gasteiger charge is -2.33. The molecule has 0 spiro atoms. The van der Waals surface area contributed by atoms with Crippen LogP contribution in [-0.2, 0) is 6.54 Å². The van der Waals surface area contributed by atoms with Crippen molar-refractivity contribution in [1.29, 1.82) is 0 Å². The minimum absolute atomic E-state index is 0.00905. The SMILES string of the molecule is Cc1cccc2nc(C[NH+]3CCN(c4ccc(O)cc4)CC3)cc(=O)n12. The van der Waals surface area contributed by atoms with Crippen LogP contribution in [0.2, 0.25) is 0 Å². The Hall–Kier alpha value is -2.86. The molecule has 1 aromatic carbocycles. The van der Waals surface area contributed by atoms with Crippen LogP contribution in [0.3, 0.4) is 0 Å². The molecule has 3 heterocycles. The first-order chi connectivity index (χ1) is 12.6. The van der Waals surface area contributed by atoms with Gasteiger partial charge in [-0.15, -0.1) is 0 Å². The molecule has 0 aliphatic carbocycles. The first-order valence-electron chi connectivity index (χ1n) is 8.96. The first kappa shape index (κ1) is 16.6. The van der Waals surface area contributed by atoms with Crippen LogP contribution in [0.4, 0.5) is 5.69 Å². The van der Waals surface area contributed by atoms with Crippen LogP contribution in [0.1, 0.15) is 11.4 Å². The van der Waals surface area contributed by atoms with Crippen molar-refractivity contribution in [2.45, 2.75) is 13.5 Å². The first-order valence-corrected chi connectivity index (χ1v) is 8.96. The van der Waals surface area contributed by atoms with Crippen molar-refractivity contribution < 1.29 is 10.0 Å². The summed E-state index contributed by atoms with van der Waals surface area (Å²) in [5, 5.41) is 9.42. The number of phenols is 1. The second kappa shape index (κ2) is 6.80. The number of hydrogen-bond acceptors (Lipinski definition) is 4. The number of nitrogens with zero attached hydrogens (tertiary/aromatic N) is 3. The van der Waals surface area contributed by atoms with E-state index in [-0.39, 0.29) is 5.56 Å². The number of pyridine rings is 1. The van der Waals surface area contributed by atoms with E-state index in [0.717, 1.165) is 55.4 Å². The van der Waals surface area contributed by atoms with Crippen molar-refractivity contribution in [3.63, 3.8) is 0 Å². The van der Waals surface area contributed by atoms with Gasteiger partial charge in [0.05, 0.1) is 26.2 Å². The van der Waals surface area contributed by atoms with Crippen molar-refractivity contribution >= 4 is 11.3 Å². The van der Waals surface area contributed by atoms with Crippen LogP contribution in [0.15, 0.2) is 53.3 Å². The van der Waals surface area contributed by atoms with E-state index in [1.807, 2.05) is 37.3 Å². The highest BCUT2D eigenvalue weighted by molar-refractivity contribution is 5.49. The molecule has 2 aromatic heterocycles. The topological polar surface area (TPSA) is 62.3 Å². The lowest BCUT2D eigenvalue weighted by molar-refractivity contribution is -0.914. The Kier molecular flexibility index (Phi) is 4.34. The molecule has 6 nitrogen and oxygen atoms in total. The Bertz CT molecular complexity index is 973. The molecule has 2 N–H and O–H groups in total. The molecule has 1 aliphatic heterocycles. The van der Waals surface area contributed by atoms with Gasteiger partial charge in [-0.05, 0) is 43.3 Å². The van der Waals surface area contributed by atoms with Gasteiger partial charge in [-0.2, -0.15) is 0 Å². The summed E-state index contributed by atoms with van der Waals surface area (Å²) < 4.78 is 1.65. The molecule has 0 bridgehead atoms. The number of nitrogens with one attached hydrogen (secondary N) is 1. The monoisotopic (exact) mass is 351 g/mol. The van der Waals surface area contributed by atoms with Crippen molar-refractivity contribution in [2.24, 2.45) is 0 Å². The normalized spacial score (nSPS) is 15.5. The third kappa shape index (κ3) is 3.28. The minimum Gasteiger partial charge on any atom is -0.508 e. The highest BCUT2D eigenvalue weighted by Crippen LogP contribution is 2.18. The predicted octanol–water partition coefficient (Wildman–Crippen LogP) is 0.614. The minimum atomic E-state index is -0.00905. The van der Waals surface area contributed by atoms with Gasteiger partial charge in [-0.1, -0.05) is 6.07 Å². The van der Waals surface area contributed by atoms with E-state index in [9.17, 15) is 9.90 Å². The molecular weight excluding hydrogens is 328 g/mol. The van der Waals surface area contributed by atoms with Gasteiger partial charge in [0.25, 0.3) is 5.56 Å². The number of hydrogen-bond donors (Lipinski definition) is 2. The summed E-state index contributed by atoms with van der Waals surface area (Å²) in [7, 11) is 0. The van der Waals surface area contributed by atoms with E-state index in [0.29, 0.717) is 5.75 Å². The number of rotatable bonds is 3. The molecule has 3 aromatic rings. The van der Waals surface area contributed by atoms with Crippen molar-refractivity contribution in [3.05, 3.63) is 70.3 Å². The number of aromatic nitrogens is 2. The van der Waals surface area contributed by atoms with Crippen molar-refractivity contribution in [2.75, 3.05) is 31.1 Å². The average Bonchev–Trinajstić information content (AvgIpc) is 2.63. The van der Waals surface area contributed by atoms with Crippen molar-refractivity contribution in [3.8, 4) is 5.75 Å². The predicted molar refractivity (Wildman–Crippen MR) is 101 cm³/mol. The quantitative estimate of drug-likeness (QED) is 0.726. The van der Waals surface area contributed by atoms with E-state index in [1.54, 1.807) is 22.6 Å². The smallest absolute Gasteiger partial charge is 0.258 e. The van der Waals surface area contributed by atoms with Crippen LogP contribution in [0, 0.1) is 6.92 Å². The summed E-state index contributed by atoms with van der Waals surface area (Å²) in [6, 6.07) is 14.8. The Morgan fingerprint density at radius 1 is 1.12 bits per heavy atom. The number of benzene rings is 1. The number of aromatic hydroxyl groups is 1. The number of quaternary nitrogens is 1. The lowest BCUT2D eigenvalue weighted by Crippen LogP contribution is -3.13. The van der Waals surface area contributed by atoms with Crippen LogP contribution in [0.25, 0.3) is 5.65 Å². The van der Waals surface area contributed by atoms with Gasteiger partial charge in [0.15, 0.2) is 0 Å². The molecule has 134 valence electrons. The molecule has 1 aliphatic rings. The zero-order chi connectivity index (χ0) is 18.1. The Morgan fingerprint density at radius 2 is 1.85 bits per heavy atom. The van der Waals surface area contributed by atoms with Crippen LogP contribution >= 0.6 is 0 Å². The van der Waals surface area contributed by atoms with E-state index in [4.69, 9.17) is 0 Å². The fourth-order valence-corrected chi connectivity index (χ4v) is 3.63. The summed E-state index contributed by atoms with van der Waals surface area (Å²) in [5.74, 6) is 0.293. The maximum Gasteiger partial charge on any atom is 0.258 e. The molecule has 0 atom stereocenters. The van der Waals surface area contributed by atoms with E-state index >= 15 is 0 Å². The van der Waals surface area contributed by atoms with E-state index in [2.05, 4.69) is 9.88 Å². The maximum absolute atomic E-state index is 12.4. The average molecular weight is 351 g/mol. The number of piperazine rings is 1. The maximum atomic E-state index is 12.4. The summed E-state index contributed by atoms with van der Waals surface area (Å²) >= 11 is 0. The van der Waals surface area contributed by atoms with Gasteiger partial charge in [-0.25, -0.2) is 4.98 Å². The fraction of sp³-hybridized carbons (Fsp3) is 0.300. The zero-order valence-corrected chi connectivity index (χ0v) is 14.9. The number of fused-ring (bicyclic) bond motifs is 1. The third-order valence-electron chi connectivity index (χ3n) is 5.05.